The molecule has 1 aromatic heterocycles. The van der Waals surface area contributed by atoms with E-state index in [-0.39, 0.29) is 5.22 Å². The van der Waals surface area contributed by atoms with Crippen molar-refractivity contribution in [1.29, 1.82) is 0 Å². The number of rotatable bonds is 3. The average molecular weight is 224 g/mol. The molecule has 5 heteroatoms. The smallest absolute Gasteiger partial charge is 0.287 e. The summed E-state index contributed by atoms with van der Waals surface area (Å²) >= 11 is 0. The van der Waals surface area contributed by atoms with Crippen LogP contribution in [0.4, 0.5) is 5.69 Å². The van der Waals surface area contributed by atoms with Crippen molar-refractivity contribution >= 4 is 27.6 Å². The third-order valence-corrected chi connectivity index (χ3v) is 3.32. The first-order valence-corrected chi connectivity index (χ1v) is 6.07. The van der Waals surface area contributed by atoms with Crippen LogP contribution in [-0.2, 0) is 10.8 Å². The van der Waals surface area contributed by atoms with Crippen molar-refractivity contribution in [2.24, 2.45) is 0 Å². The van der Waals surface area contributed by atoms with Gasteiger partial charge in [-0.05, 0) is 18.6 Å². The zero-order chi connectivity index (χ0) is 10.8. The minimum atomic E-state index is -1.14. The Bertz CT molecular complexity index is 507. The van der Waals surface area contributed by atoms with E-state index in [2.05, 4.69) is 4.98 Å². The lowest BCUT2D eigenvalue weighted by molar-refractivity contribution is 0.477. The van der Waals surface area contributed by atoms with Gasteiger partial charge in [-0.2, -0.15) is 0 Å². The van der Waals surface area contributed by atoms with Crippen LogP contribution in [0.1, 0.15) is 13.3 Å². The molecule has 0 aliphatic carbocycles. The van der Waals surface area contributed by atoms with Gasteiger partial charge in [0.1, 0.15) is 16.3 Å². The Morgan fingerprint density at radius 1 is 1.53 bits per heavy atom. The highest BCUT2D eigenvalue weighted by atomic mass is 32.2. The van der Waals surface area contributed by atoms with Crippen LogP contribution in [0, 0.1) is 0 Å². The van der Waals surface area contributed by atoms with E-state index < -0.39 is 10.8 Å². The number of benzene rings is 1. The third kappa shape index (κ3) is 2.02. The lowest BCUT2D eigenvalue weighted by atomic mass is 10.3. The first kappa shape index (κ1) is 10.2. The van der Waals surface area contributed by atoms with Crippen LogP contribution in [0.2, 0.25) is 0 Å². The molecule has 0 spiro atoms. The molecule has 2 aromatic rings. The summed E-state index contributed by atoms with van der Waals surface area (Å²) in [6, 6.07) is 5.20. The fourth-order valence-corrected chi connectivity index (χ4v) is 2.22. The zero-order valence-corrected chi connectivity index (χ0v) is 9.21. The molecule has 1 unspecified atom stereocenters. The highest BCUT2D eigenvalue weighted by Crippen LogP contribution is 2.20. The molecular formula is C10H12N2O2S. The van der Waals surface area contributed by atoms with E-state index in [1.165, 1.54) is 0 Å². The molecular weight excluding hydrogens is 212 g/mol. The highest BCUT2D eigenvalue weighted by Gasteiger charge is 2.11. The maximum atomic E-state index is 11.6. The topological polar surface area (TPSA) is 69.1 Å². The van der Waals surface area contributed by atoms with Crippen LogP contribution in [-0.4, -0.2) is 14.9 Å². The molecule has 4 nitrogen and oxygen atoms in total. The molecule has 0 amide bonds. The van der Waals surface area contributed by atoms with Crippen molar-refractivity contribution in [2.45, 2.75) is 18.6 Å². The number of nitrogen functional groups attached to an aromatic ring is 1. The van der Waals surface area contributed by atoms with Gasteiger partial charge in [0.25, 0.3) is 5.22 Å². The van der Waals surface area contributed by atoms with Crippen LogP contribution in [0.25, 0.3) is 11.1 Å². The number of oxazole rings is 1. The second-order valence-corrected chi connectivity index (χ2v) is 4.71. The second-order valence-electron chi connectivity index (χ2n) is 3.26. The Labute approximate surface area is 89.9 Å². The fourth-order valence-electron chi connectivity index (χ4n) is 1.29. The second kappa shape index (κ2) is 4.02. The lowest BCUT2D eigenvalue weighted by Crippen LogP contribution is -1.96. The molecule has 0 bridgehead atoms. The van der Waals surface area contributed by atoms with Crippen molar-refractivity contribution in [3.63, 3.8) is 0 Å². The maximum absolute atomic E-state index is 11.6. The molecule has 1 heterocycles. The van der Waals surface area contributed by atoms with E-state index in [0.717, 1.165) is 6.42 Å². The summed E-state index contributed by atoms with van der Waals surface area (Å²) in [5, 5.41) is 0.289. The maximum Gasteiger partial charge on any atom is 0.287 e. The van der Waals surface area contributed by atoms with Crippen LogP contribution in [0.3, 0.4) is 0 Å². The Morgan fingerprint density at radius 3 is 3.07 bits per heavy atom. The van der Waals surface area contributed by atoms with E-state index in [9.17, 15) is 4.21 Å². The quantitative estimate of drug-likeness (QED) is 0.809. The SMILES string of the molecule is CCCS(=O)c1nc2ccc(N)cc2o1. The van der Waals surface area contributed by atoms with Crippen LogP contribution < -0.4 is 5.73 Å². The van der Waals surface area contributed by atoms with E-state index in [0.29, 0.717) is 22.5 Å². The molecule has 0 fully saturated rings. The molecule has 0 aliphatic rings. The summed E-state index contributed by atoms with van der Waals surface area (Å²) in [6.07, 6.45) is 0.841. The van der Waals surface area contributed by atoms with Gasteiger partial charge in [-0.25, -0.2) is 9.19 Å². The summed E-state index contributed by atoms with van der Waals surface area (Å²) in [5.74, 6) is 0.572. The highest BCUT2D eigenvalue weighted by molar-refractivity contribution is 7.84. The molecule has 1 atom stereocenters. The molecule has 1 aromatic carbocycles. The predicted molar refractivity (Wildman–Crippen MR) is 60.0 cm³/mol. The van der Waals surface area contributed by atoms with Crippen molar-refractivity contribution in [3.8, 4) is 0 Å². The summed E-state index contributed by atoms with van der Waals surface area (Å²) in [5.41, 5.74) is 7.51. The van der Waals surface area contributed by atoms with Gasteiger partial charge in [0.15, 0.2) is 5.58 Å². The van der Waals surface area contributed by atoms with Gasteiger partial charge in [-0.15, -0.1) is 0 Å². The average Bonchev–Trinajstić information content (AvgIpc) is 2.60. The van der Waals surface area contributed by atoms with Gasteiger partial charge in [-0.1, -0.05) is 6.92 Å². The number of aromatic nitrogens is 1. The minimum absolute atomic E-state index is 0.289. The van der Waals surface area contributed by atoms with Crippen molar-refractivity contribution in [2.75, 3.05) is 11.5 Å². The van der Waals surface area contributed by atoms with E-state index in [1.54, 1.807) is 18.2 Å². The van der Waals surface area contributed by atoms with Gasteiger partial charge in [0.05, 0.1) is 0 Å². The molecule has 15 heavy (non-hydrogen) atoms. The van der Waals surface area contributed by atoms with E-state index in [4.69, 9.17) is 10.2 Å². The lowest BCUT2D eigenvalue weighted by Gasteiger charge is -1.91. The number of fused-ring (bicyclic) bond motifs is 1. The molecule has 80 valence electrons. The Hall–Kier alpha value is -1.36. The number of nitrogens with two attached hydrogens (primary N) is 1. The summed E-state index contributed by atoms with van der Waals surface area (Å²) < 4.78 is 17.0. The third-order valence-electron chi connectivity index (χ3n) is 1.98. The molecule has 2 N–H and O–H groups in total. The Morgan fingerprint density at radius 2 is 2.33 bits per heavy atom. The monoisotopic (exact) mass is 224 g/mol. The summed E-state index contributed by atoms with van der Waals surface area (Å²) in [7, 11) is -1.14. The normalized spacial score (nSPS) is 13.1. The largest absolute Gasteiger partial charge is 0.430 e. The van der Waals surface area contributed by atoms with E-state index >= 15 is 0 Å². The van der Waals surface area contributed by atoms with Crippen molar-refractivity contribution in [3.05, 3.63) is 18.2 Å². The number of nitrogens with zero attached hydrogens (tertiary/aromatic N) is 1. The molecule has 0 aliphatic heterocycles. The summed E-state index contributed by atoms with van der Waals surface area (Å²) in [6.45, 7) is 1.97. The number of hydrogen-bond acceptors (Lipinski definition) is 4. The zero-order valence-electron chi connectivity index (χ0n) is 8.40. The summed E-state index contributed by atoms with van der Waals surface area (Å²) in [4.78, 5) is 4.15. The Kier molecular flexibility index (Phi) is 2.73. The van der Waals surface area contributed by atoms with Gasteiger partial charge >= 0.3 is 0 Å². The van der Waals surface area contributed by atoms with Crippen LogP contribution in [0.5, 0.6) is 0 Å². The predicted octanol–water partition coefficient (Wildman–Crippen LogP) is 1.93. The van der Waals surface area contributed by atoms with Gasteiger partial charge in [0.2, 0.25) is 0 Å². The van der Waals surface area contributed by atoms with Gasteiger partial charge in [0, 0.05) is 17.5 Å². The minimum Gasteiger partial charge on any atom is -0.430 e. The van der Waals surface area contributed by atoms with Crippen LogP contribution in [0.15, 0.2) is 27.8 Å². The first-order valence-electron chi connectivity index (χ1n) is 4.75. The molecule has 0 saturated carbocycles. The van der Waals surface area contributed by atoms with Crippen molar-refractivity contribution < 1.29 is 8.63 Å². The standard InChI is InChI=1S/C10H12N2O2S/c1-2-5-15(13)10-12-8-4-3-7(11)6-9(8)14-10/h3-4,6H,2,5,11H2,1H3. The molecule has 0 radical (unpaired) electrons. The van der Waals surface area contributed by atoms with Gasteiger partial charge < -0.3 is 10.2 Å². The van der Waals surface area contributed by atoms with Crippen molar-refractivity contribution in [1.82, 2.24) is 4.98 Å². The van der Waals surface area contributed by atoms with E-state index in [1.807, 2.05) is 6.92 Å². The molecule has 0 saturated heterocycles. The fraction of sp³-hybridized carbons (Fsp3) is 0.300. The number of hydrogen-bond donors (Lipinski definition) is 1. The van der Waals surface area contributed by atoms with Crippen LogP contribution >= 0.6 is 0 Å². The number of anilines is 1. The Balaban J connectivity index is 2.42. The molecule has 2 rings (SSSR count). The first-order chi connectivity index (χ1) is 7.20. The van der Waals surface area contributed by atoms with Gasteiger partial charge in [-0.3, -0.25) is 0 Å².